The molecule has 1 N–H and O–H groups in total. The van der Waals surface area contributed by atoms with E-state index in [1.54, 1.807) is 37.4 Å². The van der Waals surface area contributed by atoms with Crippen LogP contribution in [-0.4, -0.2) is 40.7 Å². The van der Waals surface area contributed by atoms with Gasteiger partial charge in [-0.2, -0.15) is 0 Å². The van der Waals surface area contributed by atoms with Gasteiger partial charge in [0.1, 0.15) is 17.2 Å². The van der Waals surface area contributed by atoms with Crippen LogP contribution >= 0.6 is 0 Å². The highest BCUT2D eigenvalue weighted by Gasteiger charge is 2.29. The number of nitrogens with zero attached hydrogens (tertiary/aromatic N) is 1. The van der Waals surface area contributed by atoms with Gasteiger partial charge in [0.05, 0.1) is 13.7 Å². The average Bonchev–Trinajstić information content (AvgIpc) is 3.33. The second kappa shape index (κ2) is 12.1. The summed E-state index contributed by atoms with van der Waals surface area (Å²) in [5.41, 5.74) is 2.04. The maximum absolute atomic E-state index is 13.0. The van der Waals surface area contributed by atoms with Gasteiger partial charge in [-0.05, 0) is 99.0 Å². The predicted molar refractivity (Wildman–Crippen MR) is 151 cm³/mol. The smallest absolute Gasteiger partial charge is 0.347 e. The number of hydrogen-bond acceptors (Lipinski definition) is 5. The van der Waals surface area contributed by atoms with Crippen molar-refractivity contribution >= 4 is 22.7 Å². The lowest BCUT2D eigenvalue weighted by molar-refractivity contribution is -0.152. The van der Waals surface area contributed by atoms with Gasteiger partial charge in [0.2, 0.25) is 0 Å². The summed E-state index contributed by atoms with van der Waals surface area (Å²) in [6.07, 6.45) is 4.58. The zero-order chi connectivity index (χ0) is 28.0. The van der Waals surface area contributed by atoms with E-state index < -0.39 is 11.6 Å². The van der Waals surface area contributed by atoms with Crippen molar-refractivity contribution in [3.63, 3.8) is 0 Å². The van der Waals surface area contributed by atoms with Crippen molar-refractivity contribution < 1.29 is 28.9 Å². The Hall–Kier alpha value is -4.26. The van der Waals surface area contributed by atoms with Crippen LogP contribution in [0, 0.1) is 0 Å². The number of aliphatic carboxylic acids is 1. The Labute approximate surface area is 228 Å². The van der Waals surface area contributed by atoms with Gasteiger partial charge >= 0.3 is 5.97 Å². The number of carboxylic acid groups (broad SMARTS) is 1. The van der Waals surface area contributed by atoms with E-state index in [4.69, 9.17) is 14.2 Å². The first kappa shape index (κ1) is 27.8. The number of ketones is 1. The van der Waals surface area contributed by atoms with Crippen molar-refractivity contribution in [2.24, 2.45) is 0 Å². The number of carbonyl (C=O) groups excluding carboxylic acids is 1. The molecule has 7 nitrogen and oxygen atoms in total. The van der Waals surface area contributed by atoms with Gasteiger partial charge in [0.15, 0.2) is 11.4 Å². The van der Waals surface area contributed by atoms with Crippen molar-refractivity contribution in [2.75, 3.05) is 13.7 Å². The molecule has 0 aliphatic rings. The molecular formula is C32H35NO6. The molecule has 0 spiro atoms. The third kappa shape index (κ3) is 6.60. The van der Waals surface area contributed by atoms with Gasteiger partial charge in [0.25, 0.3) is 0 Å². The van der Waals surface area contributed by atoms with Crippen molar-refractivity contribution in [1.82, 2.24) is 4.57 Å². The number of fused-ring (bicyclic) bond motifs is 1. The predicted octanol–water partition coefficient (Wildman–Crippen LogP) is 6.54. The molecule has 0 radical (unpaired) electrons. The molecular weight excluding hydrogens is 494 g/mol. The number of benzene rings is 3. The minimum absolute atomic E-state index is 0.0267. The summed E-state index contributed by atoms with van der Waals surface area (Å²) >= 11 is 0. The molecule has 3 aromatic carbocycles. The second-order valence-electron chi connectivity index (χ2n) is 9.98. The Morgan fingerprint density at radius 2 is 1.64 bits per heavy atom. The van der Waals surface area contributed by atoms with E-state index in [1.807, 2.05) is 42.6 Å². The molecule has 0 saturated heterocycles. The summed E-state index contributed by atoms with van der Waals surface area (Å²) < 4.78 is 19.1. The minimum atomic E-state index is -1.30. The first-order valence-electron chi connectivity index (χ1n) is 13.2. The molecule has 0 aliphatic carbocycles. The molecule has 7 heteroatoms. The monoisotopic (exact) mass is 529 g/mol. The lowest BCUT2D eigenvalue weighted by atomic mass is 9.99. The van der Waals surface area contributed by atoms with Crippen molar-refractivity contribution in [3.05, 3.63) is 89.6 Å². The van der Waals surface area contributed by atoms with Crippen LogP contribution in [0.2, 0.25) is 0 Å². The van der Waals surface area contributed by atoms with Crippen LogP contribution in [0.15, 0.2) is 72.9 Å². The highest BCUT2D eigenvalue weighted by atomic mass is 16.5. The van der Waals surface area contributed by atoms with Crippen LogP contribution in [-0.2, 0) is 17.8 Å². The minimum Gasteiger partial charge on any atom is -0.497 e. The lowest BCUT2D eigenvalue weighted by Crippen LogP contribution is -2.37. The third-order valence-electron chi connectivity index (χ3n) is 6.63. The molecule has 1 heterocycles. The molecule has 204 valence electrons. The molecule has 0 bridgehead atoms. The van der Waals surface area contributed by atoms with Gasteiger partial charge in [-0.15, -0.1) is 0 Å². The zero-order valence-electron chi connectivity index (χ0n) is 22.9. The highest BCUT2D eigenvalue weighted by molar-refractivity contribution is 6.09. The van der Waals surface area contributed by atoms with Crippen LogP contribution in [0.25, 0.3) is 10.9 Å². The van der Waals surface area contributed by atoms with Crippen molar-refractivity contribution in [3.8, 4) is 17.2 Å². The molecule has 39 heavy (non-hydrogen) atoms. The van der Waals surface area contributed by atoms with Crippen LogP contribution < -0.4 is 14.2 Å². The topological polar surface area (TPSA) is 87.0 Å². The fraction of sp³-hybridized carbons (Fsp3) is 0.312. The van der Waals surface area contributed by atoms with Gasteiger partial charge in [-0.3, -0.25) is 4.79 Å². The number of rotatable bonds is 13. The lowest BCUT2D eigenvalue weighted by Gasteiger charge is -2.21. The van der Waals surface area contributed by atoms with Crippen LogP contribution in [0.3, 0.4) is 0 Å². The van der Waals surface area contributed by atoms with Crippen LogP contribution in [0.1, 0.15) is 55.1 Å². The van der Waals surface area contributed by atoms with E-state index in [-0.39, 0.29) is 5.78 Å². The fourth-order valence-corrected chi connectivity index (χ4v) is 4.43. The summed E-state index contributed by atoms with van der Waals surface area (Å²) in [6.45, 7) is 6.47. The van der Waals surface area contributed by atoms with Gasteiger partial charge in [-0.25, -0.2) is 4.79 Å². The summed E-state index contributed by atoms with van der Waals surface area (Å²) in [7, 11) is 1.60. The summed E-state index contributed by atoms with van der Waals surface area (Å²) in [4.78, 5) is 24.4. The second-order valence-corrected chi connectivity index (χ2v) is 9.98. The first-order valence-corrected chi connectivity index (χ1v) is 13.2. The number of hydrogen-bond donors (Lipinski definition) is 1. The maximum atomic E-state index is 13.0. The Kier molecular flexibility index (Phi) is 8.59. The van der Waals surface area contributed by atoms with E-state index in [2.05, 4.69) is 11.5 Å². The largest absolute Gasteiger partial charge is 0.497 e. The van der Waals surface area contributed by atoms with Gasteiger partial charge in [0, 0.05) is 34.8 Å². The fourth-order valence-electron chi connectivity index (χ4n) is 4.43. The SMILES string of the molecule is CCCc1cc(C(=O)c2ccc(OC)cc2)ccc1OCCCn1ccc2cc(OC(C)(C)C(=O)O)ccc21. The van der Waals surface area contributed by atoms with Crippen LogP contribution in [0.4, 0.5) is 0 Å². The third-order valence-corrected chi connectivity index (χ3v) is 6.63. The highest BCUT2D eigenvalue weighted by Crippen LogP contribution is 2.27. The van der Waals surface area contributed by atoms with E-state index in [0.717, 1.165) is 48.0 Å². The quantitative estimate of drug-likeness (QED) is 0.156. The van der Waals surface area contributed by atoms with E-state index in [9.17, 15) is 14.7 Å². The summed E-state index contributed by atoms with van der Waals surface area (Å²) in [5, 5.41) is 10.3. The number of aryl methyl sites for hydroxylation is 2. The number of carboxylic acids is 1. The maximum Gasteiger partial charge on any atom is 0.347 e. The molecule has 0 fully saturated rings. The molecule has 1 aromatic heterocycles. The number of carbonyl (C=O) groups is 2. The number of ether oxygens (including phenoxy) is 3. The summed E-state index contributed by atoms with van der Waals surface area (Å²) in [6, 6.07) is 20.4. The Morgan fingerprint density at radius 3 is 2.33 bits per heavy atom. The molecule has 0 amide bonds. The van der Waals surface area contributed by atoms with E-state index >= 15 is 0 Å². The molecule has 0 atom stereocenters. The van der Waals surface area contributed by atoms with Gasteiger partial charge in [-0.1, -0.05) is 13.3 Å². The van der Waals surface area contributed by atoms with E-state index in [0.29, 0.717) is 29.2 Å². The Balaban J connectivity index is 1.38. The molecule has 0 aliphatic heterocycles. The van der Waals surface area contributed by atoms with E-state index in [1.165, 1.54) is 13.8 Å². The standard InChI is InChI=1S/C32H35NO6/c1-5-7-24-20-25(30(34)22-8-11-26(37-4)12-9-22)10-15-29(24)38-19-6-17-33-18-16-23-21-27(13-14-28(23)33)39-32(2,3)31(35)36/h8-16,18,20-21H,5-7,17,19H2,1-4H3,(H,35,36). The molecule has 0 unspecified atom stereocenters. The molecule has 4 aromatic rings. The Bertz CT molecular complexity index is 1450. The zero-order valence-corrected chi connectivity index (χ0v) is 22.9. The van der Waals surface area contributed by atoms with Crippen molar-refractivity contribution in [2.45, 2.75) is 52.2 Å². The van der Waals surface area contributed by atoms with Crippen LogP contribution in [0.5, 0.6) is 17.2 Å². The molecule has 0 saturated carbocycles. The average molecular weight is 530 g/mol. The normalized spacial score (nSPS) is 11.4. The Morgan fingerprint density at radius 1 is 0.923 bits per heavy atom. The summed E-state index contributed by atoms with van der Waals surface area (Å²) in [5.74, 6) is 1.01. The number of methoxy groups -OCH3 is 1. The first-order chi connectivity index (χ1) is 18.7. The van der Waals surface area contributed by atoms with Gasteiger partial charge < -0.3 is 23.9 Å². The molecule has 4 rings (SSSR count). The number of aromatic nitrogens is 1. The van der Waals surface area contributed by atoms with Crippen molar-refractivity contribution in [1.29, 1.82) is 0 Å².